The average Bonchev–Trinajstić information content (AvgIpc) is 1.68. The van der Waals surface area contributed by atoms with Gasteiger partial charge in [-0.25, -0.2) is 4.39 Å². The first-order chi connectivity index (χ1) is 3.31. The zero-order valence-corrected chi connectivity index (χ0v) is 4.02. The molecule has 2 heteroatoms. The number of allylic oxidation sites excluding steroid dienone is 2. The maximum Gasteiger partial charge on any atom is 0.119 e. The van der Waals surface area contributed by atoms with Crippen LogP contribution in [0.5, 0.6) is 0 Å². The predicted octanol–water partition coefficient (Wildman–Crippen LogP) is 0.984. The maximum atomic E-state index is 11.8. The smallest absolute Gasteiger partial charge is 0.119 e. The maximum absolute atomic E-state index is 11.8. The van der Waals surface area contributed by atoms with Crippen molar-refractivity contribution in [3.05, 3.63) is 24.6 Å². The Morgan fingerprint density at radius 2 is 2.43 bits per heavy atom. The molecule has 0 aliphatic rings. The van der Waals surface area contributed by atoms with Crippen LogP contribution in [0.2, 0.25) is 0 Å². The molecule has 0 saturated carbocycles. The molecule has 7 heavy (non-hydrogen) atoms. The molecule has 0 bridgehead atoms. The van der Waals surface area contributed by atoms with E-state index in [1.54, 1.807) is 0 Å². The molecule has 0 fully saturated rings. The van der Waals surface area contributed by atoms with Gasteiger partial charge in [0.15, 0.2) is 0 Å². The second-order valence-electron chi connectivity index (χ2n) is 1.03. The SMILES string of the molecule is C=C/C(F)=C\CN. The number of halogens is 1. The Balaban J connectivity index is 3.49. The summed E-state index contributed by atoms with van der Waals surface area (Å²) in [7, 11) is 0. The Kier molecular flexibility index (Phi) is 3.24. The fourth-order valence-corrected chi connectivity index (χ4v) is 0.196. The van der Waals surface area contributed by atoms with Crippen molar-refractivity contribution >= 4 is 0 Å². The van der Waals surface area contributed by atoms with Crippen LogP contribution in [-0.4, -0.2) is 6.54 Å². The summed E-state index contributed by atoms with van der Waals surface area (Å²) in [5.41, 5.74) is 4.94. The van der Waals surface area contributed by atoms with Crippen LogP contribution in [-0.2, 0) is 0 Å². The zero-order valence-electron chi connectivity index (χ0n) is 4.02. The topological polar surface area (TPSA) is 26.0 Å². The molecule has 0 spiro atoms. The quantitative estimate of drug-likeness (QED) is 0.515. The van der Waals surface area contributed by atoms with Gasteiger partial charge in [-0.3, -0.25) is 0 Å². The normalized spacial score (nSPS) is 11.4. The Bertz CT molecular complexity index is 86.1. The number of hydrogen-bond donors (Lipinski definition) is 1. The van der Waals surface area contributed by atoms with Crippen molar-refractivity contribution in [1.29, 1.82) is 0 Å². The van der Waals surface area contributed by atoms with E-state index >= 15 is 0 Å². The van der Waals surface area contributed by atoms with Gasteiger partial charge in [-0.1, -0.05) is 6.58 Å². The van der Waals surface area contributed by atoms with Crippen molar-refractivity contribution in [2.75, 3.05) is 6.54 Å². The van der Waals surface area contributed by atoms with Gasteiger partial charge in [-0.2, -0.15) is 0 Å². The second-order valence-corrected chi connectivity index (χ2v) is 1.03. The highest BCUT2D eigenvalue weighted by Gasteiger charge is 1.77. The van der Waals surface area contributed by atoms with E-state index in [4.69, 9.17) is 5.73 Å². The summed E-state index contributed by atoms with van der Waals surface area (Å²) in [6.45, 7) is 3.41. The Morgan fingerprint density at radius 1 is 1.86 bits per heavy atom. The highest BCUT2D eigenvalue weighted by molar-refractivity contribution is 5.07. The molecule has 0 aromatic heterocycles. The lowest BCUT2D eigenvalue weighted by Crippen LogP contribution is -1.92. The molecule has 0 saturated heterocycles. The van der Waals surface area contributed by atoms with Gasteiger partial charge in [0.1, 0.15) is 5.83 Å². The van der Waals surface area contributed by atoms with Crippen LogP contribution in [0.15, 0.2) is 24.6 Å². The van der Waals surface area contributed by atoms with Crippen LogP contribution in [0.3, 0.4) is 0 Å². The van der Waals surface area contributed by atoms with E-state index in [1.807, 2.05) is 0 Å². The standard InChI is InChI=1S/C5H8FN/c1-2-5(6)3-4-7/h2-3H,1,4,7H2/b5-3+. The van der Waals surface area contributed by atoms with Crippen LogP contribution in [0.4, 0.5) is 4.39 Å². The van der Waals surface area contributed by atoms with Gasteiger partial charge in [0.2, 0.25) is 0 Å². The molecular weight excluding hydrogens is 93.1 g/mol. The zero-order chi connectivity index (χ0) is 5.70. The van der Waals surface area contributed by atoms with Gasteiger partial charge < -0.3 is 5.73 Å². The molecular formula is C5H8FN. The lowest BCUT2D eigenvalue weighted by atomic mass is 10.4. The van der Waals surface area contributed by atoms with E-state index in [2.05, 4.69) is 6.58 Å². The molecule has 0 rings (SSSR count). The van der Waals surface area contributed by atoms with Crippen LogP contribution < -0.4 is 5.73 Å². The third kappa shape index (κ3) is 3.19. The van der Waals surface area contributed by atoms with Gasteiger partial charge >= 0.3 is 0 Å². The molecule has 40 valence electrons. The van der Waals surface area contributed by atoms with Crippen molar-refractivity contribution in [3.8, 4) is 0 Å². The van der Waals surface area contributed by atoms with Crippen molar-refractivity contribution in [2.45, 2.75) is 0 Å². The first-order valence-electron chi connectivity index (χ1n) is 1.99. The summed E-state index contributed by atoms with van der Waals surface area (Å²) in [6, 6.07) is 0. The van der Waals surface area contributed by atoms with Gasteiger partial charge in [-0.05, 0) is 12.2 Å². The van der Waals surface area contributed by atoms with Crippen LogP contribution >= 0.6 is 0 Å². The summed E-state index contributed by atoms with van der Waals surface area (Å²) in [5, 5.41) is 0. The first-order valence-corrected chi connectivity index (χ1v) is 1.99. The van der Waals surface area contributed by atoms with Gasteiger partial charge in [0.25, 0.3) is 0 Å². The number of nitrogens with two attached hydrogens (primary N) is 1. The highest BCUT2D eigenvalue weighted by Crippen LogP contribution is 1.92. The fraction of sp³-hybridized carbons (Fsp3) is 0.200. The summed E-state index contributed by atoms with van der Waals surface area (Å²) in [5.74, 6) is -0.359. The Labute approximate surface area is 42.3 Å². The van der Waals surface area contributed by atoms with E-state index in [0.717, 1.165) is 6.08 Å². The van der Waals surface area contributed by atoms with E-state index in [1.165, 1.54) is 6.08 Å². The van der Waals surface area contributed by atoms with E-state index in [9.17, 15) is 4.39 Å². The summed E-state index contributed by atoms with van der Waals surface area (Å²) >= 11 is 0. The monoisotopic (exact) mass is 101 g/mol. The summed E-state index contributed by atoms with van der Waals surface area (Å²) in [6.07, 6.45) is 2.37. The summed E-state index contributed by atoms with van der Waals surface area (Å²) in [4.78, 5) is 0. The molecule has 1 nitrogen and oxygen atoms in total. The van der Waals surface area contributed by atoms with Crippen molar-refractivity contribution in [2.24, 2.45) is 5.73 Å². The van der Waals surface area contributed by atoms with E-state index in [-0.39, 0.29) is 12.4 Å². The molecule has 0 aliphatic heterocycles. The second kappa shape index (κ2) is 3.56. The minimum atomic E-state index is -0.359. The Hall–Kier alpha value is -0.630. The third-order valence-corrected chi connectivity index (χ3v) is 0.508. The number of hydrogen-bond acceptors (Lipinski definition) is 1. The van der Waals surface area contributed by atoms with Crippen molar-refractivity contribution in [3.63, 3.8) is 0 Å². The molecule has 0 aromatic carbocycles. The third-order valence-electron chi connectivity index (χ3n) is 0.508. The molecule has 0 aliphatic carbocycles. The van der Waals surface area contributed by atoms with Crippen LogP contribution in [0, 0.1) is 0 Å². The van der Waals surface area contributed by atoms with Crippen LogP contribution in [0.25, 0.3) is 0 Å². The highest BCUT2D eigenvalue weighted by atomic mass is 19.1. The van der Waals surface area contributed by atoms with E-state index in [0.29, 0.717) is 0 Å². The minimum absolute atomic E-state index is 0.234. The Morgan fingerprint density at radius 3 is 2.57 bits per heavy atom. The van der Waals surface area contributed by atoms with Crippen molar-refractivity contribution < 1.29 is 4.39 Å². The van der Waals surface area contributed by atoms with Crippen LogP contribution in [0.1, 0.15) is 0 Å². The van der Waals surface area contributed by atoms with Gasteiger partial charge in [-0.15, -0.1) is 0 Å². The van der Waals surface area contributed by atoms with Gasteiger partial charge in [0.05, 0.1) is 0 Å². The minimum Gasteiger partial charge on any atom is -0.327 e. The largest absolute Gasteiger partial charge is 0.327 e. The van der Waals surface area contributed by atoms with E-state index < -0.39 is 0 Å². The fourth-order valence-electron chi connectivity index (χ4n) is 0.196. The summed E-state index contributed by atoms with van der Waals surface area (Å²) < 4.78 is 11.8. The molecule has 2 N–H and O–H groups in total. The first kappa shape index (κ1) is 6.37. The molecule has 0 atom stereocenters. The lowest BCUT2D eigenvalue weighted by Gasteiger charge is -1.79. The lowest BCUT2D eigenvalue weighted by molar-refractivity contribution is 0.663. The molecule has 0 amide bonds. The molecule has 0 heterocycles. The molecule has 0 unspecified atom stereocenters. The average molecular weight is 101 g/mol. The predicted molar refractivity (Wildman–Crippen MR) is 28.4 cm³/mol. The van der Waals surface area contributed by atoms with Crippen molar-refractivity contribution in [1.82, 2.24) is 0 Å². The molecule has 0 aromatic rings. The van der Waals surface area contributed by atoms with Gasteiger partial charge in [0, 0.05) is 6.54 Å². The number of rotatable bonds is 2. The molecule has 0 radical (unpaired) electrons.